The molecule has 4 bridgehead atoms. The number of hydrogen-bond acceptors (Lipinski definition) is 5. The van der Waals surface area contributed by atoms with Gasteiger partial charge >= 0.3 is 12.1 Å². The molecule has 6 rings (SSSR count). The second-order valence-electron chi connectivity index (χ2n) is 11.0. The molecule has 0 aromatic carbocycles. The highest BCUT2D eigenvalue weighted by Gasteiger charge is 2.58. The molecule has 3 atom stereocenters. The maximum Gasteiger partial charge on any atom is 0.409 e. The van der Waals surface area contributed by atoms with Crippen molar-refractivity contribution in [2.45, 2.75) is 64.0 Å². The first kappa shape index (κ1) is 22.7. The average molecular weight is 463 g/mol. The van der Waals surface area contributed by atoms with Gasteiger partial charge in [-0.25, -0.2) is 9.59 Å². The van der Waals surface area contributed by atoms with Crippen molar-refractivity contribution >= 4 is 18.0 Å². The zero-order chi connectivity index (χ0) is 23.2. The first-order valence-electron chi connectivity index (χ1n) is 12.8. The van der Waals surface area contributed by atoms with Crippen LogP contribution in [0.1, 0.15) is 51.9 Å². The standard InChI is InChI=1S/C24H38N4O5/c1-2-33-23(32)27-8-6-26(7-9-27)22(31)28-5-3-4-19(15-28)25-21(30)24-12-16-10-17(13-24)20(29)18(11-16)14-24/h16-20,29H,2-15H2,1H3,(H,25,30)/t16?,17?,18?,19-,20?,24?/m0/s1. The molecule has 2 N–H and O–H groups in total. The molecule has 6 aliphatic rings. The predicted octanol–water partition coefficient (Wildman–Crippen LogP) is 1.65. The van der Waals surface area contributed by atoms with Crippen molar-refractivity contribution < 1.29 is 24.2 Å². The summed E-state index contributed by atoms with van der Waals surface area (Å²) in [5.74, 6) is 1.28. The number of aliphatic hydroxyl groups is 1. The quantitative estimate of drug-likeness (QED) is 0.664. The highest BCUT2D eigenvalue weighted by Crippen LogP contribution is 2.60. The first-order chi connectivity index (χ1) is 15.9. The third kappa shape index (κ3) is 4.29. The number of urea groups is 1. The molecule has 0 aromatic heterocycles. The number of nitrogens with one attached hydrogen (secondary N) is 1. The van der Waals surface area contributed by atoms with Crippen molar-refractivity contribution in [1.29, 1.82) is 0 Å². The molecular formula is C24H38N4O5. The summed E-state index contributed by atoms with van der Waals surface area (Å²) < 4.78 is 5.06. The molecule has 0 spiro atoms. The van der Waals surface area contributed by atoms with Gasteiger partial charge < -0.3 is 29.9 Å². The van der Waals surface area contributed by atoms with E-state index in [1.807, 2.05) is 4.90 Å². The fourth-order valence-electron chi connectivity index (χ4n) is 7.38. The predicted molar refractivity (Wildman–Crippen MR) is 120 cm³/mol. The Labute approximate surface area is 195 Å². The number of ether oxygens (including phenoxy) is 1. The summed E-state index contributed by atoms with van der Waals surface area (Å²) in [5, 5.41) is 13.8. The molecule has 0 radical (unpaired) electrons. The molecular weight excluding hydrogens is 424 g/mol. The maximum absolute atomic E-state index is 13.4. The van der Waals surface area contributed by atoms with E-state index in [2.05, 4.69) is 5.32 Å². The minimum atomic E-state index is -0.317. The van der Waals surface area contributed by atoms with Gasteiger partial charge in [-0.3, -0.25) is 4.79 Å². The van der Waals surface area contributed by atoms with Gasteiger partial charge in [0.1, 0.15) is 0 Å². The number of carbonyl (C=O) groups is 3. The lowest BCUT2D eigenvalue weighted by atomic mass is 9.48. The second kappa shape index (κ2) is 8.96. The van der Waals surface area contributed by atoms with E-state index < -0.39 is 0 Å². The molecule has 6 fully saturated rings. The highest BCUT2D eigenvalue weighted by atomic mass is 16.6. The Morgan fingerprint density at radius 3 is 2.30 bits per heavy atom. The minimum Gasteiger partial charge on any atom is -0.450 e. The van der Waals surface area contributed by atoms with Gasteiger partial charge in [-0.15, -0.1) is 0 Å². The molecule has 4 amide bonds. The fraction of sp³-hybridized carbons (Fsp3) is 0.875. The topological polar surface area (TPSA) is 102 Å². The van der Waals surface area contributed by atoms with Crippen LogP contribution in [0.2, 0.25) is 0 Å². The Hall–Kier alpha value is -2.03. The van der Waals surface area contributed by atoms with Crippen LogP contribution in [0.5, 0.6) is 0 Å². The van der Waals surface area contributed by atoms with E-state index in [0.717, 1.165) is 44.9 Å². The molecule has 2 heterocycles. The molecule has 2 aliphatic heterocycles. The SMILES string of the molecule is CCOC(=O)N1CCN(C(=O)N2CCC[C@H](NC(=O)C34CC5CC(C3)C(O)C(C5)C4)C2)CC1. The molecule has 33 heavy (non-hydrogen) atoms. The monoisotopic (exact) mass is 462 g/mol. The van der Waals surface area contributed by atoms with Crippen LogP contribution >= 0.6 is 0 Å². The third-order valence-corrected chi connectivity index (χ3v) is 8.81. The maximum atomic E-state index is 13.4. The number of amides is 4. The van der Waals surface area contributed by atoms with E-state index in [4.69, 9.17) is 4.74 Å². The highest BCUT2D eigenvalue weighted by molar-refractivity contribution is 5.83. The number of nitrogens with zero attached hydrogens (tertiary/aromatic N) is 3. The number of piperazine rings is 1. The summed E-state index contributed by atoms with van der Waals surface area (Å²) >= 11 is 0. The second-order valence-corrected chi connectivity index (χ2v) is 11.0. The van der Waals surface area contributed by atoms with Gasteiger partial charge in [-0.2, -0.15) is 0 Å². The third-order valence-electron chi connectivity index (χ3n) is 8.81. The molecule has 9 heteroatoms. The number of aliphatic hydroxyl groups excluding tert-OH is 1. The van der Waals surface area contributed by atoms with Crippen molar-refractivity contribution in [2.75, 3.05) is 45.9 Å². The largest absolute Gasteiger partial charge is 0.450 e. The lowest BCUT2D eigenvalue weighted by Gasteiger charge is -2.58. The van der Waals surface area contributed by atoms with E-state index in [9.17, 15) is 19.5 Å². The van der Waals surface area contributed by atoms with Gasteiger partial charge in [-0.05, 0) is 69.6 Å². The van der Waals surface area contributed by atoms with Crippen molar-refractivity contribution in [1.82, 2.24) is 20.0 Å². The van der Waals surface area contributed by atoms with Crippen LogP contribution in [-0.2, 0) is 9.53 Å². The Kier molecular flexibility index (Phi) is 6.18. The van der Waals surface area contributed by atoms with E-state index in [1.165, 1.54) is 0 Å². The van der Waals surface area contributed by atoms with Crippen molar-refractivity contribution in [3.05, 3.63) is 0 Å². The van der Waals surface area contributed by atoms with Gasteiger partial charge in [-0.1, -0.05) is 0 Å². The van der Waals surface area contributed by atoms with Crippen LogP contribution in [0.3, 0.4) is 0 Å². The zero-order valence-electron chi connectivity index (χ0n) is 19.7. The smallest absolute Gasteiger partial charge is 0.409 e. The van der Waals surface area contributed by atoms with Crippen LogP contribution in [0.4, 0.5) is 9.59 Å². The summed E-state index contributed by atoms with van der Waals surface area (Å²) in [5.41, 5.74) is -0.314. The van der Waals surface area contributed by atoms with Crippen LogP contribution in [0.15, 0.2) is 0 Å². The number of carbonyl (C=O) groups excluding carboxylic acids is 3. The molecule has 0 aromatic rings. The van der Waals surface area contributed by atoms with Crippen LogP contribution in [0.25, 0.3) is 0 Å². The van der Waals surface area contributed by atoms with Crippen molar-refractivity contribution in [2.24, 2.45) is 23.2 Å². The average Bonchev–Trinajstić information content (AvgIpc) is 2.82. The van der Waals surface area contributed by atoms with E-state index in [0.29, 0.717) is 51.8 Å². The summed E-state index contributed by atoms with van der Waals surface area (Å²) in [6, 6.07) is -0.0238. The Morgan fingerprint density at radius 2 is 1.64 bits per heavy atom. The first-order valence-corrected chi connectivity index (χ1v) is 12.8. The normalized spacial score (nSPS) is 37.8. The lowest BCUT2D eigenvalue weighted by Crippen LogP contribution is -2.61. The number of hydrogen-bond donors (Lipinski definition) is 2. The Balaban J connectivity index is 1.14. The van der Waals surface area contributed by atoms with Crippen LogP contribution < -0.4 is 5.32 Å². The zero-order valence-corrected chi connectivity index (χ0v) is 19.7. The van der Waals surface area contributed by atoms with E-state index in [-0.39, 0.29) is 47.4 Å². The number of rotatable bonds is 3. The number of likely N-dealkylation sites (tertiary alicyclic amines) is 1. The van der Waals surface area contributed by atoms with E-state index in [1.54, 1.807) is 16.7 Å². The minimum absolute atomic E-state index is 0.00427. The summed E-state index contributed by atoms with van der Waals surface area (Å²) in [7, 11) is 0. The molecule has 184 valence electrons. The van der Waals surface area contributed by atoms with Gasteiger partial charge in [0.25, 0.3) is 0 Å². The molecule has 4 aliphatic carbocycles. The molecule has 2 unspecified atom stereocenters. The number of piperidine rings is 1. The molecule has 2 saturated heterocycles. The fourth-order valence-corrected chi connectivity index (χ4v) is 7.38. The lowest BCUT2D eigenvalue weighted by molar-refractivity contribution is -0.163. The van der Waals surface area contributed by atoms with Crippen molar-refractivity contribution in [3.8, 4) is 0 Å². The van der Waals surface area contributed by atoms with E-state index >= 15 is 0 Å². The van der Waals surface area contributed by atoms with Crippen molar-refractivity contribution in [3.63, 3.8) is 0 Å². The van der Waals surface area contributed by atoms with Gasteiger partial charge in [0.15, 0.2) is 0 Å². The summed E-state index contributed by atoms with van der Waals surface area (Å²) in [6.07, 6.45) is 5.94. The Morgan fingerprint density at radius 1 is 0.970 bits per heavy atom. The Bertz CT molecular complexity index is 767. The van der Waals surface area contributed by atoms with Gasteiger partial charge in [0, 0.05) is 45.3 Å². The van der Waals surface area contributed by atoms with Gasteiger partial charge in [0.2, 0.25) is 5.91 Å². The molecule has 4 saturated carbocycles. The van der Waals surface area contributed by atoms with Crippen LogP contribution in [-0.4, -0.2) is 95.9 Å². The molecule has 9 nitrogen and oxygen atoms in total. The summed E-state index contributed by atoms with van der Waals surface area (Å²) in [6.45, 7) is 5.34. The summed E-state index contributed by atoms with van der Waals surface area (Å²) in [4.78, 5) is 43.8. The van der Waals surface area contributed by atoms with Gasteiger partial charge in [0.05, 0.1) is 18.1 Å². The van der Waals surface area contributed by atoms with Crippen LogP contribution in [0, 0.1) is 23.2 Å².